The lowest BCUT2D eigenvalue weighted by Crippen LogP contribution is -2.45. The van der Waals surface area contributed by atoms with Gasteiger partial charge in [-0.25, -0.2) is 22.7 Å². The zero-order valence-electron chi connectivity index (χ0n) is 16.5. The number of hydrogen-bond donors (Lipinski definition) is 2. The smallest absolute Gasteiger partial charge is 0.211 e. The van der Waals surface area contributed by atoms with Gasteiger partial charge in [0, 0.05) is 38.8 Å². The second-order valence-corrected chi connectivity index (χ2v) is 9.38. The van der Waals surface area contributed by atoms with Crippen LogP contribution in [0.3, 0.4) is 0 Å². The quantitative estimate of drug-likeness (QED) is 0.705. The molecule has 1 aliphatic carbocycles. The third-order valence-corrected chi connectivity index (χ3v) is 6.71. The maximum absolute atomic E-state index is 11.7. The Balaban J connectivity index is 1.55. The molecule has 1 fully saturated rings. The van der Waals surface area contributed by atoms with E-state index in [0.717, 1.165) is 50.2 Å². The number of aliphatic hydroxyl groups excluding tert-OH is 1. The first-order valence-electron chi connectivity index (χ1n) is 9.63. The topological polar surface area (TPSA) is 98.7 Å². The van der Waals surface area contributed by atoms with E-state index in [9.17, 15) is 13.5 Å². The summed E-state index contributed by atoms with van der Waals surface area (Å²) >= 11 is 0. The van der Waals surface area contributed by atoms with Crippen LogP contribution in [0.25, 0.3) is 0 Å². The molecule has 0 aromatic carbocycles. The first-order chi connectivity index (χ1) is 13.3. The minimum atomic E-state index is -3.17. The summed E-state index contributed by atoms with van der Waals surface area (Å²) < 4.78 is 24.9. The molecular formula is C19H29N5O3S. The molecule has 9 heteroatoms. The Morgan fingerprint density at radius 2 is 2.07 bits per heavy atom. The van der Waals surface area contributed by atoms with Gasteiger partial charge in [-0.05, 0) is 31.3 Å². The van der Waals surface area contributed by atoms with Crippen molar-refractivity contribution >= 4 is 21.7 Å². The van der Waals surface area contributed by atoms with Crippen LogP contribution < -0.4 is 10.2 Å². The van der Waals surface area contributed by atoms with E-state index in [-0.39, 0.29) is 6.04 Å². The number of aliphatic hydroxyl groups is 1. The van der Waals surface area contributed by atoms with Crippen LogP contribution in [0.2, 0.25) is 0 Å². The van der Waals surface area contributed by atoms with Crippen molar-refractivity contribution in [3.8, 4) is 0 Å². The van der Waals surface area contributed by atoms with E-state index in [4.69, 9.17) is 0 Å². The van der Waals surface area contributed by atoms with Crippen LogP contribution in [0, 0.1) is 0 Å². The van der Waals surface area contributed by atoms with Crippen LogP contribution >= 0.6 is 0 Å². The van der Waals surface area contributed by atoms with Crippen LogP contribution in [0.1, 0.15) is 25.7 Å². The van der Waals surface area contributed by atoms with Gasteiger partial charge in [0.2, 0.25) is 10.0 Å². The van der Waals surface area contributed by atoms with Crippen molar-refractivity contribution in [2.24, 2.45) is 0 Å². The Morgan fingerprint density at radius 3 is 2.71 bits per heavy atom. The average molecular weight is 408 g/mol. The first-order valence-corrected chi connectivity index (χ1v) is 11.5. The normalized spacial score (nSPS) is 19.6. The molecule has 1 aromatic heterocycles. The summed E-state index contributed by atoms with van der Waals surface area (Å²) in [5.74, 6) is 1.48. The van der Waals surface area contributed by atoms with Crippen molar-refractivity contribution in [3.63, 3.8) is 0 Å². The fourth-order valence-corrected chi connectivity index (χ4v) is 4.30. The maximum Gasteiger partial charge on any atom is 0.211 e. The number of rotatable bonds is 7. The van der Waals surface area contributed by atoms with Gasteiger partial charge in [-0.1, -0.05) is 18.2 Å². The van der Waals surface area contributed by atoms with Gasteiger partial charge in [-0.15, -0.1) is 0 Å². The predicted molar refractivity (Wildman–Crippen MR) is 111 cm³/mol. The number of piperidine rings is 1. The number of hydrogen-bond acceptors (Lipinski definition) is 7. The molecule has 28 heavy (non-hydrogen) atoms. The van der Waals surface area contributed by atoms with Crippen molar-refractivity contribution in [2.45, 2.75) is 37.8 Å². The zero-order chi connectivity index (χ0) is 20.1. The fourth-order valence-electron chi connectivity index (χ4n) is 3.55. The molecule has 1 saturated heterocycles. The Morgan fingerprint density at radius 1 is 1.32 bits per heavy atom. The van der Waals surface area contributed by atoms with E-state index >= 15 is 0 Å². The largest absolute Gasteiger partial charge is 0.387 e. The van der Waals surface area contributed by atoms with Gasteiger partial charge in [-0.3, -0.25) is 0 Å². The molecule has 1 aromatic rings. The van der Waals surface area contributed by atoms with Crippen molar-refractivity contribution in [1.82, 2.24) is 14.3 Å². The van der Waals surface area contributed by atoms with Crippen LogP contribution in [-0.4, -0.2) is 72.9 Å². The molecule has 8 nitrogen and oxygen atoms in total. The molecule has 0 radical (unpaired) electrons. The van der Waals surface area contributed by atoms with Gasteiger partial charge < -0.3 is 15.3 Å². The summed E-state index contributed by atoms with van der Waals surface area (Å²) in [5, 5.41) is 13.5. The zero-order valence-corrected chi connectivity index (χ0v) is 17.3. The highest BCUT2D eigenvalue weighted by atomic mass is 32.2. The lowest BCUT2D eigenvalue weighted by atomic mass is 10.0. The van der Waals surface area contributed by atoms with E-state index in [0.29, 0.717) is 12.4 Å². The summed E-state index contributed by atoms with van der Waals surface area (Å²) in [6.45, 7) is 1.86. The minimum absolute atomic E-state index is 0.0256. The van der Waals surface area contributed by atoms with E-state index in [1.807, 2.05) is 12.1 Å². The van der Waals surface area contributed by atoms with E-state index in [2.05, 4.69) is 32.3 Å². The molecule has 2 heterocycles. The Hall–Kier alpha value is -1.97. The van der Waals surface area contributed by atoms with Crippen LogP contribution in [0.15, 0.2) is 36.2 Å². The number of nitrogens with zero attached hydrogens (tertiary/aromatic N) is 4. The van der Waals surface area contributed by atoms with Crippen LogP contribution in [0.4, 0.5) is 11.6 Å². The molecule has 0 bridgehead atoms. The van der Waals surface area contributed by atoms with Gasteiger partial charge in [-0.2, -0.15) is 0 Å². The maximum atomic E-state index is 11.7. The minimum Gasteiger partial charge on any atom is -0.387 e. The van der Waals surface area contributed by atoms with Crippen molar-refractivity contribution < 1.29 is 13.5 Å². The molecule has 0 amide bonds. The highest BCUT2D eigenvalue weighted by molar-refractivity contribution is 7.88. The number of nitrogens with one attached hydrogen (secondary N) is 1. The van der Waals surface area contributed by atoms with Crippen molar-refractivity contribution in [2.75, 3.05) is 43.2 Å². The molecule has 1 atom stereocenters. The van der Waals surface area contributed by atoms with Crippen LogP contribution in [-0.2, 0) is 10.0 Å². The number of sulfonamides is 1. The van der Waals surface area contributed by atoms with Crippen molar-refractivity contribution in [3.05, 3.63) is 36.2 Å². The van der Waals surface area contributed by atoms with Gasteiger partial charge in [0.15, 0.2) is 0 Å². The average Bonchev–Trinajstić information content (AvgIpc) is 2.72. The summed E-state index contributed by atoms with van der Waals surface area (Å²) in [6, 6.07) is 1.90. The van der Waals surface area contributed by atoms with Gasteiger partial charge in [0.05, 0.1) is 12.4 Å². The van der Waals surface area contributed by atoms with E-state index in [1.54, 1.807) is 7.05 Å². The van der Waals surface area contributed by atoms with E-state index in [1.165, 1.54) is 16.9 Å². The molecule has 1 unspecified atom stereocenters. The molecule has 0 saturated carbocycles. The predicted octanol–water partition coefficient (Wildman–Crippen LogP) is 1.39. The highest BCUT2D eigenvalue weighted by Gasteiger charge is 2.27. The Labute approximate surface area is 167 Å². The number of allylic oxidation sites excluding steroid dienone is 2. The summed E-state index contributed by atoms with van der Waals surface area (Å²) in [5.41, 5.74) is 0.935. The van der Waals surface area contributed by atoms with Gasteiger partial charge >= 0.3 is 0 Å². The third kappa shape index (κ3) is 5.30. The molecule has 2 N–H and O–H groups in total. The Bertz CT molecular complexity index is 832. The fraction of sp³-hybridized carbons (Fsp3) is 0.579. The van der Waals surface area contributed by atoms with Crippen LogP contribution in [0.5, 0.6) is 0 Å². The van der Waals surface area contributed by atoms with E-state index < -0.39 is 16.1 Å². The van der Waals surface area contributed by atoms with Gasteiger partial charge in [0.25, 0.3) is 0 Å². The summed E-state index contributed by atoms with van der Waals surface area (Å²) in [6.07, 6.45) is 11.8. The lowest BCUT2D eigenvalue weighted by molar-refractivity contribution is 0.227. The molecule has 1 aliphatic heterocycles. The Kier molecular flexibility index (Phi) is 6.69. The summed E-state index contributed by atoms with van der Waals surface area (Å²) in [4.78, 5) is 10.7. The second-order valence-electron chi connectivity index (χ2n) is 7.34. The van der Waals surface area contributed by atoms with Gasteiger partial charge in [0.1, 0.15) is 18.0 Å². The highest BCUT2D eigenvalue weighted by Crippen LogP contribution is 2.23. The monoisotopic (exact) mass is 407 g/mol. The molecule has 154 valence electrons. The van der Waals surface area contributed by atoms with Crippen molar-refractivity contribution in [1.29, 1.82) is 0 Å². The molecule has 0 spiro atoms. The molecule has 3 rings (SSSR count). The molecule has 2 aliphatic rings. The number of aromatic nitrogens is 2. The third-order valence-electron chi connectivity index (χ3n) is 5.36. The second kappa shape index (κ2) is 9.02. The standard InChI is InChI=1S/C19H29N5O3S/c1-23(28(2,26)27)16-8-10-24(11-9-16)19-12-18(21-14-22-19)20-13-17(25)15-6-4-3-5-7-15/h4,6-7,12,14,16-17,25H,3,5,8-11,13H2,1-2H3,(H,20,21,22). The molecular weight excluding hydrogens is 378 g/mol. The summed E-state index contributed by atoms with van der Waals surface area (Å²) in [7, 11) is -1.53. The lowest BCUT2D eigenvalue weighted by Gasteiger charge is -2.36. The SMILES string of the molecule is CN(C1CCN(c2cc(NCC(O)C3=CCCC=C3)ncn2)CC1)S(C)(=O)=O. The number of anilines is 2. The first kappa shape index (κ1) is 20.8.